The Morgan fingerprint density at radius 1 is 1.54 bits per heavy atom. The van der Waals surface area contributed by atoms with Crippen molar-refractivity contribution in [1.82, 2.24) is 4.90 Å². The standard InChI is InChI=1S/C20H29NO3/c1-5-13(2)8-15-12-21-7-6-14-9-19(23-3)20(24-4)10-16(14)17(21)11-18(15)22/h9-10,13,15,17H,5-8,11-12H2,1-4H3/i2D3,5D2,8D2,9D,10D,11D2,12D2,13D,15D. The van der Waals surface area contributed by atoms with Crippen molar-refractivity contribution < 1.29 is 34.8 Å². The van der Waals surface area contributed by atoms with E-state index in [1.165, 1.54) is 7.11 Å². The summed E-state index contributed by atoms with van der Waals surface area (Å²) in [6.07, 6.45) is -11.0. The molecule has 2 aliphatic rings. The molecule has 0 bridgehead atoms. The van der Waals surface area contributed by atoms with Crippen LogP contribution in [-0.4, -0.2) is 37.9 Å². The largest absolute Gasteiger partial charge is 0.493 e. The van der Waals surface area contributed by atoms with Crippen LogP contribution in [0, 0.1) is 11.8 Å². The summed E-state index contributed by atoms with van der Waals surface area (Å²) >= 11 is 0. The van der Waals surface area contributed by atoms with E-state index >= 15 is 0 Å². The third kappa shape index (κ3) is 3.16. The summed E-state index contributed by atoms with van der Waals surface area (Å²) in [6.45, 7) is -7.28. The maximum Gasteiger partial charge on any atom is 0.161 e. The molecule has 1 saturated heterocycles. The lowest BCUT2D eigenvalue weighted by molar-refractivity contribution is -0.129. The van der Waals surface area contributed by atoms with Gasteiger partial charge < -0.3 is 9.47 Å². The van der Waals surface area contributed by atoms with Crippen LogP contribution in [0.25, 0.3) is 0 Å². The highest BCUT2D eigenvalue weighted by molar-refractivity contribution is 5.83. The summed E-state index contributed by atoms with van der Waals surface area (Å²) in [5.41, 5.74) is -0.262. The number of Topliss-reactive ketones (excluding diaryl/α,β-unsaturated/α-hetero) is 1. The fraction of sp³-hybridized carbons (Fsp3) is 0.650. The fourth-order valence-corrected chi connectivity index (χ4v) is 2.68. The average Bonchev–Trinajstić information content (AvgIpc) is 2.80. The number of carbonyl (C=O) groups excluding carboxylic acids is 1. The van der Waals surface area contributed by atoms with Gasteiger partial charge in [0.25, 0.3) is 0 Å². The predicted octanol–water partition coefficient (Wildman–Crippen LogP) is 3.63. The molecule has 1 aromatic rings. The molecule has 0 spiro atoms. The first kappa shape index (κ1) is 6.64. The van der Waals surface area contributed by atoms with Gasteiger partial charge in [-0.25, -0.2) is 0 Å². The molecule has 3 rings (SSSR count). The molecule has 1 aromatic carbocycles. The van der Waals surface area contributed by atoms with E-state index in [0.717, 1.165) is 7.11 Å². The molecule has 4 heteroatoms. The van der Waals surface area contributed by atoms with Crippen LogP contribution in [0.2, 0.25) is 0 Å². The lowest BCUT2D eigenvalue weighted by atomic mass is 9.79. The van der Waals surface area contributed by atoms with Crippen LogP contribution < -0.4 is 9.47 Å². The molecule has 1 fully saturated rings. The smallest absolute Gasteiger partial charge is 0.161 e. The van der Waals surface area contributed by atoms with Crippen LogP contribution in [0.15, 0.2) is 12.1 Å². The zero-order chi connectivity index (χ0) is 30.5. The zero-order valence-corrected chi connectivity index (χ0v) is 13.7. The molecule has 0 radical (unpaired) electrons. The SMILES string of the molecule is [2H]c1c2c(c([2H])c(OC)c1OC)C1N(CC2)C([2H])([2H])C([2H])(C([2H])([2H])C([2H])(C([2H])([2H])[2H])C([2H])([2H])C)C(=O)C1([2H])[2H]. The highest BCUT2D eigenvalue weighted by atomic mass is 16.5. The van der Waals surface area contributed by atoms with Gasteiger partial charge in [-0.1, -0.05) is 20.1 Å². The van der Waals surface area contributed by atoms with Gasteiger partial charge in [0, 0.05) is 49.2 Å². The maximum absolute atomic E-state index is 13.8. The van der Waals surface area contributed by atoms with Gasteiger partial charge in [0.2, 0.25) is 0 Å². The molecule has 4 nitrogen and oxygen atoms in total. The Hall–Kier alpha value is -1.55. The van der Waals surface area contributed by atoms with E-state index in [2.05, 4.69) is 0 Å². The van der Waals surface area contributed by atoms with Gasteiger partial charge in [-0.2, -0.15) is 0 Å². The highest BCUT2D eigenvalue weighted by Crippen LogP contribution is 2.42. The van der Waals surface area contributed by atoms with Crippen LogP contribution in [0.3, 0.4) is 0 Å². The number of ether oxygens (including phenoxy) is 2. The number of methoxy groups -OCH3 is 2. The van der Waals surface area contributed by atoms with Crippen LogP contribution in [0.5, 0.6) is 11.5 Å². The van der Waals surface area contributed by atoms with E-state index in [0.29, 0.717) is 11.8 Å². The lowest BCUT2D eigenvalue weighted by Crippen LogP contribution is -2.46. The fourth-order valence-electron chi connectivity index (χ4n) is 2.68. The Labute approximate surface area is 166 Å². The van der Waals surface area contributed by atoms with Gasteiger partial charge in [-0.15, -0.1) is 0 Å². The second kappa shape index (κ2) is 7.14. The van der Waals surface area contributed by atoms with Crippen molar-refractivity contribution in [1.29, 1.82) is 0 Å². The number of nitrogens with zero attached hydrogens (tertiary/aromatic N) is 1. The quantitative estimate of drug-likeness (QED) is 0.816. The molecule has 0 aliphatic carbocycles. The number of carbonyl (C=O) groups is 1. The van der Waals surface area contributed by atoms with Gasteiger partial charge in [0.05, 0.1) is 17.0 Å². The molecule has 24 heavy (non-hydrogen) atoms. The first-order valence-electron chi connectivity index (χ1n) is 14.9. The third-order valence-corrected chi connectivity index (χ3v) is 3.89. The van der Waals surface area contributed by atoms with Crippen LogP contribution in [-0.2, 0) is 11.2 Å². The van der Waals surface area contributed by atoms with Crippen molar-refractivity contribution in [2.45, 2.75) is 45.4 Å². The summed E-state index contributed by atoms with van der Waals surface area (Å²) in [7, 11) is 2.38. The van der Waals surface area contributed by atoms with Gasteiger partial charge in [-0.05, 0) is 41.9 Å². The molecular weight excluding hydrogens is 302 g/mol. The van der Waals surface area contributed by atoms with Crippen LogP contribution >= 0.6 is 0 Å². The van der Waals surface area contributed by atoms with Crippen molar-refractivity contribution in [2.24, 2.45) is 11.8 Å². The minimum absolute atomic E-state index is 0.0501. The number of rotatable bonds is 5. The minimum atomic E-state index is -4.13. The van der Waals surface area contributed by atoms with E-state index in [4.69, 9.17) is 30.0 Å². The first-order valence-corrected chi connectivity index (χ1v) is 7.41. The Kier molecular flexibility index (Phi) is 1.97. The Morgan fingerprint density at radius 2 is 2.29 bits per heavy atom. The number of ketones is 1. The molecule has 2 aliphatic heterocycles. The van der Waals surface area contributed by atoms with Crippen LogP contribution in [0.4, 0.5) is 0 Å². The minimum Gasteiger partial charge on any atom is -0.493 e. The Bertz CT molecular complexity index is 1180. The van der Waals surface area contributed by atoms with Crippen molar-refractivity contribution in [3.05, 3.63) is 23.2 Å². The number of piperidine rings is 1. The van der Waals surface area contributed by atoms with Gasteiger partial charge >= 0.3 is 0 Å². The monoisotopic (exact) mass is 346 g/mol. The van der Waals surface area contributed by atoms with Crippen molar-refractivity contribution >= 4 is 5.78 Å². The Balaban J connectivity index is 2.41. The molecule has 0 aromatic heterocycles. The highest BCUT2D eigenvalue weighted by Gasteiger charge is 2.38. The van der Waals surface area contributed by atoms with E-state index in [1.54, 1.807) is 0 Å². The molecule has 2 heterocycles. The molecule has 0 N–H and O–H groups in total. The molecule has 132 valence electrons. The normalized spacial score (nSPS) is 44.4. The molecule has 3 unspecified atom stereocenters. The number of hydrogen-bond donors (Lipinski definition) is 0. The second-order valence-electron chi connectivity index (χ2n) is 5.26. The average molecular weight is 347 g/mol. The lowest BCUT2D eigenvalue weighted by Gasteiger charge is -2.43. The summed E-state index contributed by atoms with van der Waals surface area (Å²) in [5, 5.41) is 0. The molecule has 0 saturated carbocycles. The molecular formula is C20H29NO3. The molecule has 0 amide bonds. The van der Waals surface area contributed by atoms with E-state index < -0.39 is 68.7 Å². The summed E-state index contributed by atoms with van der Waals surface area (Å²) < 4.78 is 137. The van der Waals surface area contributed by atoms with Gasteiger partial charge in [0.1, 0.15) is 5.78 Å². The number of benzene rings is 1. The summed E-state index contributed by atoms with van der Waals surface area (Å²) in [6, 6.07) is -2.79. The third-order valence-electron chi connectivity index (χ3n) is 3.89. The predicted molar refractivity (Wildman–Crippen MR) is 94.8 cm³/mol. The second-order valence-corrected chi connectivity index (χ2v) is 5.26. The first-order chi connectivity index (χ1) is 17.4. The Morgan fingerprint density at radius 3 is 2.96 bits per heavy atom. The maximum atomic E-state index is 13.8. The summed E-state index contributed by atoms with van der Waals surface area (Å²) in [5.74, 6) is -10.4. The topological polar surface area (TPSA) is 38.8 Å². The van der Waals surface area contributed by atoms with Crippen LogP contribution in [0.1, 0.15) is 70.6 Å². The van der Waals surface area contributed by atoms with Crippen molar-refractivity contribution in [3.63, 3.8) is 0 Å². The van der Waals surface area contributed by atoms with E-state index in [-0.39, 0.29) is 35.1 Å². The van der Waals surface area contributed by atoms with E-state index in [1.807, 2.05) is 0 Å². The van der Waals surface area contributed by atoms with Crippen molar-refractivity contribution in [3.8, 4) is 11.5 Å². The number of hydrogen-bond acceptors (Lipinski definition) is 4. The molecule has 3 atom stereocenters. The zero-order valence-electron chi connectivity index (χ0n) is 28.7. The summed E-state index contributed by atoms with van der Waals surface area (Å²) in [4.78, 5) is 14.5. The number of fused-ring (bicyclic) bond motifs is 3. The van der Waals surface area contributed by atoms with Gasteiger partial charge in [-0.3, -0.25) is 9.69 Å². The van der Waals surface area contributed by atoms with E-state index in [9.17, 15) is 4.79 Å². The van der Waals surface area contributed by atoms with Crippen molar-refractivity contribution in [2.75, 3.05) is 27.3 Å². The van der Waals surface area contributed by atoms with Gasteiger partial charge in [0.15, 0.2) is 11.5 Å².